The fourth-order valence-corrected chi connectivity index (χ4v) is 4.20. The van der Waals surface area contributed by atoms with Crippen LogP contribution in [0.2, 0.25) is 0 Å². The Balaban J connectivity index is 1.89. The Hall–Kier alpha value is -2.46. The van der Waals surface area contributed by atoms with Crippen molar-refractivity contribution in [2.45, 2.75) is 32.4 Å². The van der Waals surface area contributed by atoms with E-state index in [4.69, 9.17) is 17.2 Å². The number of nitrogens with zero attached hydrogens (tertiary/aromatic N) is 2. The van der Waals surface area contributed by atoms with Gasteiger partial charge in [0, 0.05) is 24.2 Å². The minimum atomic E-state index is 0.0322. The molecule has 1 aliphatic heterocycles. The Kier molecular flexibility index (Phi) is 4.60. The highest BCUT2D eigenvalue weighted by Gasteiger charge is 2.32. The van der Waals surface area contributed by atoms with Gasteiger partial charge in [0.25, 0.3) is 0 Å². The van der Waals surface area contributed by atoms with Crippen molar-refractivity contribution in [2.24, 2.45) is 0 Å². The van der Waals surface area contributed by atoms with Crippen LogP contribution in [0.5, 0.6) is 0 Å². The minimum absolute atomic E-state index is 0.0322. The van der Waals surface area contributed by atoms with Crippen LogP contribution < -0.4 is 5.32 Å². The third-order valence-corrected chi connectivity index (χ3v) is 5.27. The molecule has 1 N–H and O–H groups in total. The highest BCUT2D eigenvalue weighted by molar-refractivity contribution is 7.80. The van der Waals surface area contributed by atoms with Crippen LogP contribution >= 0.6 is 12.2 Å². The highest BCUT2D eigenvalue weighted by atomic mass is 32.1. The van der Waals surface area contributed by atoms with Gasteiger partial charge in [0.1, 0.15) is 0 Å². The number of nitrogens with one attached hydrogen (secondary N) is 1. The SMILES string of the molecule is CC(C)NC(=S)N1CCc2ccccc2[C@H]1c1nccc2ccccc12. The van der Waals surface area contributed by atoms with Crippen LogP contribution in [0.25, 0.3) is 10.8 Å². The zero-order valence-corrected chi connectivity index (χ0v) is 16.0. The Bertz CT molecular complexity index is 946. The van der Waals surface area contributed by atoms with Crippen molar-refractivity contribution in [1.29, 1.82) is 0 Å². The van der Waals surface area contributed by atoms with Crippen molar-refractivity contribution in [2.75, 3.05) is 6.54 Å². The molecule has 0 saturated carbocycles. The second-order valence-electron chi connectivity index (χ2n) is 7.07. The fraction of sp³-hybridized carbons (Fsp3) is 0.273. The van der Waals surface area contributed by atoms with E-state index in [1.54, 1.807) is 0 Å². The van der Waals surface area contributed by atoms with E-state index in [1.165, 1.54) is 21.9 Å². The molecule has 3 aromatic rings. The summed E-state index contributed by atoms with van der Waals surface area (Å²) in [5, 5.41) is 6.62. The average molecular weight is 362 g/mol. The molecule has 0 unspecified atom stereocenters. The third-order valence-electron chi connectivity index (χ3n) is 4.92. The highest BCUT2D eigenvalue weighted by Crippen LogP contribution is 2.37. The molecule has 3 nitrogen and oxygen atoms in total. The second kappa shape index (κ2) is 7.04. The summed E-state index contributed by atoms with van der Waals surface area (Å²) in [5.41, 5.74) is 3.76. The van der Waals surface area contributed by atoms with Gasteiger partial charge in [0.2, 0.25) is 0 Å². The van der Waals surface area contributed by atoms with Crippen molar-refractivity contribution in [3.63, 3.8) is 0 Å². The molecule has 1 atom stereocenters. The van der Waals surface area contributed by atoms with Gasteiger partial charge in [0.05, 0.1) is 11.7 Å². The van der Waals surface area contributed by atoms with Crippen LogP contribution in [0.4, 0.5) is 0 Å². The Morgan fingerprint density at radius 1 is 1.12 bits per heavy atom. The van der Waals surface area contributed by atoms with E-state index in [1.807, 2.05) is 6.20 Å². The number of aromatic nitrogens is 1. The summed E-state index contributed by atoms with van der Waals surface area (Å²) in [5.74, 6) is 0. The molecule has 4 heteroatoms. The topological polar surface area (TPSA) is 28.2 Å². The van der Waals surface area contributed by atoms with Gasteiger partial charge in [-0.1, -0.05) is 48.5 Å². The van der Waals surface area contributed by atoms with Crippen molar-refractivity contribution in [3.8, 4) is 0 Å². The van der Waals surface area contributed by atoms with E-state index >= 15 is 0 Å². The number of fused-ring (bicyclic) bond motifs is 2. The summed E-state index contributed by atoms with van der Waals surface area (Å²) in [6.45, 7) is 5.13. The number of hydrogen-bond donors (Lipinski definition) is 1. The van der Waals surface area contributed by atoms with Gasteiger partial charge >= 0.3 is 0 Å². The van der Waals surface area contributed by atoms with Gasteiger partial charge in [-0.3, -0.25) is 4.98 Å². The maximum Gasteiger partial charge on any atom is 0.169 e. The van der Waals surface area contributed by atoms with E-state index in [9.17, 15) is 0 Å². The largest absolute Gasteiger partial charge is 0.360 e. The molecule has 0 fully saturated rings. The van der Waals surface area contributed by atoms with Crippen molar-refractivity contribution in [3.05, 3.63) is 77.6 Å². The number of thiocarbonyl (C=S) groups is 1. The van der Waals surface area contributed by atoms with E-state index in [-0.39, 0.29) is 6.04 Å². The van der Waals surface area contributed by atoms with E-state index in [0.717, 1.165) is 23.8 Å². The maximum absolute atomic E-state index is 5.77. The lowest BCUT2D eigenvalue weighted by atomic mass is 9.89. The number of benzene rings is 2. The Morgan fingerprint density at radius 2 is 1.88 bits per heavy atom. The molecule has 0 bridgehead atoms. The van der Waals surface area contributed by atoms with Crippen molar-refractivity contribution < 1.29 is 0 Å². The normalized spacial score (nSPS) is 16.6. The molecule has 2 heterocycles. The lowest BCUT2D eigenvalue weighted by Crippen LogP contribution is -2.48. The molecule has 0 amide bonds. The van der Waals surface area contributed by atoms with Crippen LogP contribution in [0.1, 0.15) is 36.7 Å². The van der Waals surface area contributed by atoms with Crippen LogP contribution in [0.3, 0.4) is 0 Å². The first kappa shape index (κ1) is 17.0. The average Bonchev–Trinajstić information content (AvgIpc) is 2.66. The summed E-state index contributed by atoms with van der Waals surface area (Å²) < 4.78 is 0. The standard InChI is InChI=1S/C22H23N3S/c1-15(2)24-22(26)25-14-12-17-8-4-6-10-19(17)21(25)20-18-9-5-3-7-16(18)11-13-23-20/h3-11,13,15,21H,12,14H2,1-2H3,(H,24,26)/t21-/m0/s1. The number of pyridine rings is 1. The zero-order valence-electron chi connectivity index (χ0n) is 15.1. The van der Waals surface area contributed by atoms with Gasteiger partial charge in [0.15, 0.2) is 5.11 Å². The van der Waals surface area contributed by atoms with Gasteiger partial charge in [-0.25, -0.2) is 0 Å². The molecule has 26 heavy (non-hydrogen) atoms. The molecule has 1 aliphatic rings. The molecule has 0 aliphatic carbocycles. The van der Waals surface area contributed by atoms with Crippen LogP contribution in [0.15, 0.2) is 60.8 Å². The summed E-state index contributed by atoms with van der Waals surface area (Å²) >= 11 is 5.77. The monoisotopic (exact) mass is 361 g/mol. The fourth-order valence-electron chi connectivity index (χ4n) is 3.77. The van der Waals surface area contributed by atoms with E-state index in [2.05, 4.69) is 78.7 Å². The van der Waals surface area contributed by atoms with Crippen LogP contribution in [-0.2, 0) is 6.42 Å². The van der Waals surface area contributed by atoms with Gasteiger partial charge in [-0.15, -0.1) is 0 Å². The first-order valence-electron chi connectivity index (χ1n) is 9.13. The molecular weight excluding hydrogens is 338 g/mol. The van der Waals surface area contributed by atoms with E-state index in [0.29, 0.717) is 6.04 Å². The summed E-state index contributed by atoms with van der Waals surface area (Å²) in [7, 11) is 0. The molecule has 4 rings (SSSR count). The first-order valence-corrected chi connectivity index (χ1v) is 9.54. The lowest BCUT2D eigenvalue weighted by molar-refractivity contribution is 0.327. The third kappa shape index (κ3) is 3.06. The summed E-state index contributed by atoms with van der Waals surface area (Å²) in [6, 6.07) is 19.5. The predicted molar refractivity (Wildman–Crippen MR) is 111 cm³/mol. The van der Waals surface area contributed by atoms with Crippen LogP contribution in [0, 0.1) is 0 Å². The second-order valence-corrected chi connectivity index (χ2v) is 7.45. The minimum Gasteiger partial charge on any atom is -0.360 e. The molecule has 1 aromatic heterocycles. The molecular formula is C22H23N3S. The molecule has 0 spiro atoms. The summed E-state index contributed by atoms with van der Waals surface area (Å²) in [6.07, 6.45) is 2.91. The maximum atomic E-state index is 5.77. The van der Waals surface area contributed by atoms with Crippen LogP contribution in [-0.4, -0.2) is 27.6 Å². The molecule has 132 valence electrons. The Morgan fingerprint density at radius 3 is 2.73 bits per heavy atom. The van der Waals surface area contributed by atoms with Gasteiger partial charge in [-0.05, 0) is 55.1 Å². The Labute approximate surface area is 160 Å². The molecule has 0 radical (unpaired) electrons. The van der Waals surface area contributed by atoms with Gasteiger partial charge in [-0.2, -0.15) is 0 Å². The summed E-state index contributed by atoms with van der Waals surface area (Å²) in [4.78, 5) is 7.11. The van der Waals surface area contributed by atoms with Crippen molar-refractivity contribution >= 4 is 28.1 Å². The smallest absolute Gasteiger partial charge is 0.169 e. The predicted octanol–water partition coefficient (Wildman–Crippen LogP) is 4.47. The van der Waals surface area contributed by atoms with Gasteiger partial charge < -0.3 is 10.2 Å². The first-order chi connectivity index (χ1) is 12.6. The molecule has 0 saturated heterocycles. The van der Waals surface area contributed by atoms with Crippen molar-refractivity contribution in [1.82, 2.24) is 15.2 Å². The number of hydrogen-bond acceptors (Lipinski definition) is 2. The van der Waals surface area contributed by atoms with E-state index < -0.39 is 0 Å². The lowest BCUT2D eigenvalue weighted by Gasteiger charge is -2.39. The number of rotatable bonds is 2. The molecule has 2 aromatic carbocycles. The zero-order chi connectivity index (χ0) is 18.1. The quantitative estimate of drug-likeness (QED) is 0.682.